The van der Waals surface area contributed by atoms with E-state index in [2.05, 4.69) is 12.8 Å². The van der Waals surface area contributed by atoms with Crippen molar-refractivity contribution in [3.05, 3.63) is 0 Å². The molecule has 3 heteroatoms. The van der Waals surface area contributed by atoms with E-state index in [4.69, 9.17) is 5.11 Å². The zero-order valence-corrected chi connectivity index (χ0v) is 7.92. The maximum absolute atomic E-state index is 9.99. The van der Waals surface area contributed by atoms with E-state index in [1.807, 2.05) is 5.92 Å². The number of carbonyl (C=O) groups is 1. The number of hydrogen-bond acceptors (Lipinski definition) is 2. The highest BCUT2D eigenvalue weighted by molar-refractivity contribution is 5.86. The lowest BCUT2D eigenvalue weighted by atomic mass is 10.1. The normalized spacial score (nSPS) is 11.5. The van der Waals surface area contributed by atoms with Crippen LogP contribution in [-0.4, -0.2) is 22.3 Å². The van der Waals surface area contributed by atoms with Crippen LogP contribution >= 0.6 is 0 Å². The second-order valence-electron chi connectivity index (χ2n) is 2.96. The van der Waals surface area contributed by atoms with Gasteiger partial charge in [0.15, 0.2) is 0 Å². The van der Waals surface area contributed by atoms with Crippen molar-refractivity contribution in [3.8, 4) is 11.8 Å². The van der Waals surface area contributed by atoms with Gasteiger partial charge >= 0.3 is 5.97 Å². The Kier molecular flexibility index (Phi) is 7.04. The molecule has 0 rings (SSSR count). The molecular formula is C10H16O3. The molecule has 0 bridgehead atoms. The second kappa shape index (κ2) is 7.63. The third kappa shape index (κ3) is 8.90. The van der Waals surface area contributed by atoms with Crippen LogP contribution in [0.2, 0.25) is 0 Å². The molecule has 0 aliphatic heterocycles. The van der Waals surface area contributed by atoms with Crippen LogP contribution in [0.4, 0.5) is 0 Å². The Hall–Kier alpha value is -1.01. The number of unbranched alkanes of at least 4 members (excludes halogenated alkanes) is 2. The van der Waals surface area contributed by atoms with Crippen LogP contribution in [0, 0.1) is 11.8 Å². The van der Waals surface area contributed by atoms with E-state index in [0.717, 1.165) is 19.3 Å². The summed E-state index contributed by atoms with van der Waals surface area (Å²) in [5.74, 6) is 3.25. The third-order valence-corrected chi connectivity index (χ3v) is 1.67. The Morgan fingerprint density at radius 3 is 2.69 bits per heavy atom. The minimum atomic E-state index is -1.14. The van der Waals surface area contributed by atoms with Crippen molar-refractivity contribution in [1.29, 1.82) is 0 Å². The smallest absolute Gasteiger partial charge is 0.381 e. The molecule has 0 aliphatic rings. The molecule has 3 nitrogen and oxygen atoms in total. The first-order chi connectivity index (χ1) is 6.16. The summed E-state index contributed by atoms with van der Waals surface area (Å²) in [6, 6.07) is 0. The standard InChI is InChI=1S/C10H16O3/c1-2-3-4-6-9(11)7-5-8-10(12)13/h9,11H,2-4,6-7H2,1H3,(H,12,13). The predicted molar refractivity (Wildman–Crippen MR) is 50.2 cm³/mol. The van der Waals surface area contributed by atoms with Crippen LogP contribution in [0.15, 0.2) is 0 Å². The highest BCUT2D eigenvalue weighted by Crippen LogP contribution is 2.05. The van der Waals surface area contributed by atoms with E-state index in [1.165, 1.54) is 0 Å². The molecule has 2 N–H and O–H groups in total. The number of aliphatic hydroxyl groups is 1. The van der Waals surface area contributed by atoms with Gasteiger partial charge < -0.3 is 10.2 Å². The second-order valence-corrected chi connectivity index (χ2v) is 2.96. The molecule has 0 spiro atoms. The molecule has 74 valence electrons. The highest BCUT2D eigenvalue weighted by Gasteiger charge is 2.00. The van der Waals surface area contributed by atoms with Crippen molar-refractivity contribution >= 4 is 5.97 Å². The fourth-order valence-corrected chi connectivity index (χ4v) is 0.976. The summed E-state index contributed by atoms with van der Waals surface area (Å²) in [4.78, 5) is 9.99. The molecule has 1 unspecified atom stereocenters. The van der Waals surface area contributed by atoms with E-state index < -0.39 is 12.1 Å². The number of aliphatic hydroxyl groups excluding tert-OH is 1. The summed E-state index contributed by atoms with van der Waals surface area (Å²) in [6.07, 6.45) is 3.69. The monoisotopic (exact) mass is 184 g/mol. The van der Waals surface area contributed by atoms with Gasteiger partial charge in [-0.25, -0.2) is 4.79 Å². The van der Waals surface area contributed by atoms with Crippen molar-refractivity contribution in [2.45, 2.75) is 45.1 Å². The summed E-state index contributed by atoms with van der Waals surface area (Å²) in [6.45, 7) is 2.09. The number of carboxylic acid groups (broad SMARTS) is 1. The first kappa shape index (κ1) is 12.0. The Bertz CT molecular complexity index is 200. The zero-order valence-electron chi connectivity index (χ0n) is 7.92. The van der Waals surface area contributed by atoms with Gasteiger partial charge in [0.05, 0.1) is 6.10 Å². The van der Waals surface area contributed by atoms with Crippen molar-refractivity contribution in [1.82, 2.24) is 0 Å². The van der Waals surface area contributed by atoms with Crippen LogP contribution < -0.4 is 0 Å². The van der Waals surface area contributed by atoms with Crippen LogP contribution in [0.5, 0.6) is 0 Å². The van der Waals surface area contributed by atoms with Gasteiger partial charge in [-0.15, -0.1) is 0 Å². The lowest BCUT2D eigenvalue weighted by Crippen LogP contribution is -2.04. The van der Waals surface area contributed by atoms with Crippen LogP contribution in [0.25, 0.3) is 0 Å². The number of carboxylic acids is 1. The summed E-state index contributed by atoms with van der Waals surface area (Å²) in [5, 5.41) is 17.5. The van der Waals surface area contributed by atoms with E-state index in [0.29, 0.717) is 6.42 Å². The van der Waals surface area contributed by atoms with Gasteiger partial charge in [-0.1, -0.05) is 32.1 Å². The molecule has 0 amide bonds. The lowest BCUT2D eigenvalue weighted by Gasteiger charge is -2.04. The molecule has 0 heterocycles. The molecule has 0 saturated carbocycles. The van der Waals surface area contributed by atoms with E-state index in [9.17, 15) is 9.90 Å². The summed E-state index contributed by atoms with van der Waals surface area (Å²) in [5.41, 5.74) is 0. The van der Waals surface area contributed by atoms with E-state index in [1.54, 1.807) is 0 Å². The molecule has 0 saturated heterocycles. The minimum absolute atomic E-state index is 0.260. The lowest BCUT2D eigenvalue weighted by molar-refractivity contribution is -0.130. The van der Waals surface area contributed by atoms with Crippen LogP contribution in [0.1, 0.15) is 39.0 Å². The molecule has 0 radical (unpaired) electrons. The molecule has 0 aromatic rings. The van der Waals surface area contributed by atoms with E-state index >= 15 is 0 Å². The molecule has 0 aromatic carbocycles. The largest absolute Gasteiger partial charge is 0.472 e. The Labute approximate surface area is 78.8 Å². The Morgan fingerprint density at radius 1 is 1.46 bits per heavy atom. The maximum Gasteiger partial charge on any atom is 0.381 e. The van der Waals surface area contributed by atoms with Crippen LogP contribution in [0.3, 0.4) is 0 Å². The topological polar surface area (TPSA) is 57.5 Å². The molecule has 13 heavy (non-hydrogen) atoms. The van der Waals surface area contributed by atoms with Crippen LogP contribution in [-0.2, 0) is 4.79 Å². The summed E-state index contributed by atoms with van der Waals surface area (Å²) in [7, 11) is 0. The molecule has 0 aliphatic carbocycles. The first-order valence-electron chi connectivity index (χ1n) is 4.56. The van der Waals surface area contributed by atoms with Gasteiger partial charge in [-0.3, -0.25) is 0 Å². The average Bonchev–Trinajstić information content (AvgIpc) is 2.04. The zero-order chi connectivity index (χ0) is 10.1. The summed E-state index contributed by atoms with van der Waals surface area (Å²) >= 11 is 0. The van der Waals surface area contributed by atoms with Gasteiger partial charge in [-0.2, -0.15) is 0 Å². The average molecular weight is 184 g/mol. The molecule has 0 fully saturated rings. The minimum Gasteiger partial charge on any atom is -0.472 e. The van der Waals surface area contributed by atoms with Gasteiger partial charge in [-0.05, 0) is 6.42 Å². The third-order valence-electron chi connectivity index (χ3n) is 1.67. The van der Waals surface area contributed by atoms with E-state index in [-0.39, 0.29) is 6.42 Å². The SMILES string of the molecule is CCCCCC(O)CC#CC(=O)O. The molecule has 0 aromatic heterocycles. The number of aliphatic carboxylic acids is 1. The summed E-state index contributed by atoms with van der Waals surface area (Å²) < 4.78 is 0. The van der Waals surface area contributed by atoms with Gasteiger partial charge in [0.1, 0.15) is 0 Å². The van der Waals surface area contributed by atoms with Crippen molar-refractivity contribution in [3.63, 3.8) is 0 Å². The fourth-order valence-electron chi connectivity index (χ4n) is 0.976. The van der Waals surface area contributed by atoms with Crippen molar-refractivity contribution in [2.24, 2.45) is 0 Å². The number of hydrogen-bond donors (Lipinski definition) is 2. The van der Waals surface area contributed by atoms with Gasteiger partial charge in [0, 0.05) is 12.3 Å². The fraction of sp³-hybridized carbons (Fsp3) is 0.700. The van der Waals surface area contributed by atoms with Gasteiger partial charge in [0.25, 0.3) is 0 Å². The molecule has 1 atom stereocenters. The highest BCUT2D eigenvalue weighted by atomic mass is 16.4. The Morgan fingerprint density at radius 2 is 2.15 bits per heavy atom. The number of rotatable bonds is 5. The Balaban J connectivity index is 3.47. The predicted octanol–water partition coefficient (Wildman–Crippen LogP) is 1.41. The quantitative estimate of drug-likeness (QED) is 0.501. The first-order valence-corrected chi connectivity index (χ1v) is 4.56. The maximum atomic E-state index is 9.99. The van der Waals surface area contributed by atoms with Crippen molar-refractivity contribution in [2.75, 3.05) is 0 Å². The van der Waals surface area contributed by atoms with Crippen molar-refractivity contribution < 1.29 is 15.0 Å². The van der Waals surface area contributed by atoms with Gasteiger partial charge in [0.2, 0.25) is 0 Å². The molecular weight excluding hydrogens is 168 g/mol.